The van der Waals surface area contributed by atoms with Gasteiger partial charge in [-0.2, -0.15) is 5.10 Å². The molecule has 0 heterocycles. The zero-order valence-corrected chi connectivity index (χ0v) is 20.1. The second-order valence-corrected chi connectivity index (χ2v) is 10.6. The van der Waals surface area contributed by atoms with Gasteiger partial charge in [0.25, 0.3) is 5.91 Å². The average molecular weight is 484 g/mol. The molecular weight excluding hydrogens is 458 g/mol. The Bertz CT molecular complexity index is 1520. The van der Waals surface area contributed by atoms with Gasteiger partial charge in [-0.15, -0.1) is 0 Å². The van der Waals surface area contributed by atoms with Crippen LogP contribution in [0.1, 0.15) is 32.6 Å². The van der Waals surface area contributed by atoms with E-state index in [-0.39, 0.29) is 12.5 Å². The lowest BCUT2D eigenvalue weighted by Gasteiger charge is -2.22. The van der Waals surface area contributed by atoms with Crippen LogP contribution in [0.2, 0.25) is 0 Å². The molecule has 4 aromatic rings. The molecule has 6 nitrogen and oxygen atoms in total. The molecule has 1 aliphatic carbocycles. The summed E-state index contributed by atoms with van der Waals surface area (Å²) in [5.74, 6) is -0.332. The molecule has 4 aromatic carbocycles. The van der Waals surface area contributed by atoms with Crippen molar-refractivity contribution < 1.29 is 13.2 Å². The van der Waals surface area contributed by atoms with Gasteiger partial charge in [0.1, 0.15) is 0 Å². The molecule has 0 saturated heterocycles. The van der Waals surface area contributed by atoms with Crippen molar-refractivity contribution in [1.82, 2.24) is 5.43 Å². The first-order valence-electron chi connectivity index (χ1n) is 11.4. The molecule has 1 N–H and O–H groups in total. The minimum atomic E-state index is -3.46. The summed E-state index contributed by atoms with van der Waals surface area (Å²) in [7, 11) is -3.46. The molecule has 0 bridgehead atoms. The number of nitrogens with one attached hydrogen (secondary N) is 1. The summed E-state index contributed by atoms with van der Waals surface area (Å²) >= 11 is 0. The van der Waals surface area contributed by atoms with Crippen LogP contribution in [0.25, 0.3) is 10.8 Å². The van der Waals surface area contributed by atoms with Crippen LogP contribution in [-0.4, -0.2) is 26.8 Å². The number of carbonyl (C=O) groups excluding carboxylic acids is 1. The maximum Gasteiger partial charge on any atom is 0.271 e. The lowest BCUT2D eigenvalue weighted by atomic mass is 10.0. The van der Waals surface area contributed by atoms with Crippen molar-refractivity contribution in [2.45, 2.75) is 19.4 Å². The molecule has 0 saturated carbocycles. The minimum Gasteiger partial charge on any atom is -0.267 e. The number of nitrogens with zero attached hydrogens (tertiary/aromatic N) is 2. The number of rotatable bonds is 7. The minimum absolute atomic E-state index is 0.175. The summed E-state index contributed by atoms with van der Waals surface area (Å²) in [5.41, 5.74) is 8.08. The van der Waals surface area contributed by atoms with E-state index in [4.69, 9.17) is 0 Å². The van der Waals surface area contributed by atoms with E-state index in [2.05, 4.69) is 34.8 Å². The van der Waals surface area contributed by atoms with Gasteiger partial charge in [0.2, 0.25) is 10.0 Å². The summed E-state index contributed by atoms with van der Waals surface area (Å²) in [5, 5.41) is 6.63. The SMILES string of the molecule is CS(=O)(=O)N(Cc1ccc(C(=O)N/N=C\c2ccc3c4c(cccc24)CC3)cc1)c1ccccc1. The second-order valence-electron chi connectivity index (χ2n) is 8.65. The molecule has 0 radical (unpaired) electrons. The van der Waals surface area contributed by atoms with Crippen LogP contribution in [0.15, 0.2) is 90.0 Å². The Labute approximate surface area is 205 Å². The Balaban J connectivity index is 1.28. The number of carbonyl (C=O) groups is 1. The zero-order chi connectivity index (χ0) is 24.4. The molecule has 35 heavy (non-hydrogen) atoms. The molecule has 1 aliphatic rings. The third kappa shape index (κ3) is 4.81. The van der Waals surface area contributed by atoms with Crippen LogP contribution in [0, 0.1) is 0 Å². The first kappa shape index (κ1) is 22.8. The van der Waals surface area contributed by atoms with Crippen LogP contribution in [0.3, 0.4) is 0 Å². The summed E-state index contributed by atoms with van der Waals surface area (Å²) in [6.45, 7) is 0.175. The molecule has 0 unspecified atom stereocenters. The molecule has 1 amide bonds. The largest absolute Gasteiger partial charge is 0.271 e. The maximum absolute atomic E-state index is 12.6. The Morgan fingerprint density at radius 3 is 2.34 bits per heavy atom. The number of sulfonamides is 1. The topological polar surface area (TPSA) is 78.8 Å². The van der Waals surface area contributed by atoms with Gasteiger partial charge in [0, 0.05) is 11.1 Å². The standard InChI is InChI=1S/C28H25N3O3S/c1-35(33,34)31(25-7-3-2-4-8-25)19-20-10-12-23(13-11-20)28(32)30-29-18-24-17-16-22-15-14-21-6-5-9-26(24)27(21)22/h2-13,16-18H,14-15,19H2,1H3,(H,30,32)/b29-18-. The van der Waals surface area contributed by atoms with Crippen molar-refractivity contribution in [1.29, 1.82) is 0 Å². The smallest absolute Gasteiger partial charge is 0.267 e. The molecule has 0 aromatic heterocycles. The third-order valence-corrected chi connectivity index (χ3v) is 7.41. The monoisotopic (exact) mass is 483 g/mol. The fourth-order valence-corrected chi connectivity index (χ4v) is 5.42. The van der Waals surface area contributed by atoms with E-state index < -0.39 is 10.0 Å². The van der Waals surface area contributed by atoms with E-state index in [1.165, 1.54) is 27.1 Å². The van der Waals surface area contributed by atoms with Gasteiger partial charge in [0.15, 0.2) is 0 Å². The van der Waals surface area contributed by atoms with Crippen LogP contribution < -0.4 is 9.73 Å². The van der Waals surface area contributed by atoms with Crippen molar-refractivity contribution in [3.8, 4) is 0 Å². The Morgan fingerprint density at radius 2 is 1.63 bits per heavy atom. The third-order valence-electron chi connectivity index (χ3n) is 6.27. The van der Waals surface area contributed by atoms with Crippen LogP contribution in [0.4, 0.5) is 5.69 Å². The number of hydrazone groups is 1. The van der Waals surface area contributed by atoms with Gasteiger partial charge in [-0.3, -0.25) is 9.10 Å². The van der Waals surface area contributed by atoms with Crippen LogP contribution in [0.5, 0.6) is 0 Å². The average Bonchev–Trinajstić information content (AvgIpc) is 3.29. The first-order valence-corrected chi connectivity index (χ1v) is 13.2. The van der Waals surface area contributed by atoms with E-state index in [1.807, 2.05) is 12.1 Å². The number of amides is 1. The Hall–Kier alpha value is -3.97. The summed E-state index contributed by atoms with van der Waals surface area (Å²) in [4.78, 5) is 12.6. The molecular formula is C28H25N3O3S. The van der Waals surface area contributed by atoms with Gasteiger partial charge in [-0.25, -0.2) is 13.8 Å². The predicted molar refractivity (Wildman–Crippen MR) is 140 cm³/mol. The van der Waals surface area contributed by atoms with Crippen molar-refractivity contribution in [3.05, 3.63) is 113 Å². The van der Waals surface area contributed by atoms with E-state index in [0.717, 1.165) is 29.4 Å². The lowest BCUT2D eigenvalue weighted by molar-refractivity contribution is 0.0955. The number of hydrogen-bond donors (Lipinski definition) is 1. The van der Waals surface area contributed by atoms with Gasteiger partial charge in [-0.1, -0.05) is 60.7 Å². The van der Waals surface area contributed by atoms with Crippen molar-refractivity contribution in [2.24, 2.45) is 5.10 Å². The van der Waals surface area contributed by atoms with Gasteiger partial charge < -0.3 is 0 Å². The highest BCUT2D eigenvalue weighted by molar-refractivity contribution is 7.92. The summed E-state index contributed by atoms with van der Waals surface area (Å²) < 4.78 is 26.0. The van der Waals surface area contributed by atoms with E-state index in [1.54, 1.807) is 54.7 Å². The number of hydrogen-bond acceptors (Lipinski definition) is 4. The normalized spacial score (nSPS) is 12.8. The number of para-hydroxylation sites is 1. The van der Waals surface area contributed by atoms with Gasteiger partial charge in [-0.05, 0) is 64.6 Å². The summed E-state index contributed by atoms with van der Waals surface area (Å²) in [6, 6.07) is 26.3. The van der Waals surface area contributed by atoms with Gasteiger partial charge >= 0.3 is 0 Å². The zero-order valence-electron chi connectivity index (χ0n) is 19.3. The number of anilines is 1. The highest BCUT2D eigenvalue weighted by atomic mass is 32.2. The van der Waals surface area contributed by atoms with Crippen LogP contribution in [-0.2, 0) is 29.4 Å². The van der Waals surface area contributed by atoms with E-state index in [0.29, 0.717) is 11.3 Å². The van der Waals surface area contributed by atoms with Crippen molar-refractivity contribution in [3.63, 3.8) is 0 Å². The molecule has 7 heteroatoms. The van der Waals surface area contributed by atoms with Crippen molar-refractivity contribution in [2.75, 3.05) is 10.6 Å². The highest BCUT2D eigenvalue weighted by Crippen LogP contribution is 2.32. The quantitative estimate of drug-likeness (QED) is 0.307. The Morgan fingerprint density at radius 1 is 0.914 bits per heavy atom. The van der Waals surface area contributed by atoms with Crippen LogP contribution >= 0.6 is 0 Å². The van der Waals surface area contributed by atoms with Gasteiger partial charge in [0.05, 0.1) is 24.7 Å². The molecule has 0 fully saturated rings. The number of benzene rings is 4. The Kier molecular flexibility index (Phi) is 6.09. The van der Waals surface area contributed by atoms with Crippen molar-refractivity contribution >= 4 is 38.6 Å². The number of aryl methyl sites for hydroxylation is 2. The fourth-order valence-electron chi connectivity index (χ4n) is 4.53. The molecule has 0 atom stereocenters. The lowest BCUT2D eigenvalue weighted by Crippen LogP contribution is -2.29. The molecule has 5 rings (SSSR count). The summed E-state index contributed by atoms with van der Waals surface area (Å²) in [6.07, 6.45) is 4.99. The molecule has 0 spiro atoms. The van der Waals surface area contributed by atoms with E-state index in [9.17, 15) is 13.2 Å². The maximum atomic E-state index is 12.6. The second kappa shape index (κ2) is 9.35. The fraction of sp³-hybridized carbons (Fsp3) is 0.143. The highest BCUT2D eigenvalue weighted by Gasteiger charge is 2.18. The molecule has 0 aliphatic heterocycles. The van der Waals surface area contributed by atoms with E-state index >= 15 is 0 Å². The molecule has 176 valence electrons. The predicted octanol–water partition coefficient (Wildman–Crippen LogP) is 4.67. The first-order chi connectivity index (χ1) is 16.9.